The SMILES string of the molecule is CCCNCCCCOc1cc(C)[nH]n1. The highest BCUT2D eigenvalue weighted by Crippen LogP contribution is 2.06. The van der Waals surface area contributed by atoms with Crippen LogP contribution in [0.1, 0.15) is 31.9 Å². The van der Waals surface area contributed by atoms with Crippen LogP contribution in [-0.2, 0) is 0 Å². The summed E-state index contributed by atoms with van der Waals surface area (Å²) in [5.41, 5.74) is 1.04. The van der Waals surface area contributed by atoms with Crippen LogP contribution < -0.4 is 10.1 Å². The molecule has 0 aliphatic rings. The first-order valence-electron chi connectivity index (χ1n) is 5.68. The Morgan fingerprint density at radius 3 is 2.93 bits per heavy atom. The van der Waals surface area contributed by atoms with Crippen molar-refractivity contribution in [3.05, 3.63) is 11.8 Å². The van der Waals surface area contributed by atoms with Gasteiger partial charge in [-0.25, -0.2) is 0 Å². The summed E-state index contributed by atoms with van der Waals surface area (Å²) in [7, 11) is 0. The first kappa shape index (κ1) is 12.0. The first-order chi connectivity index (χ1) is 7.33. The van der Waals surface area contributed by atoms with Gasteiger partial charge in [0.2, 0.25) is 5.88 Å². The van der Waals surface area contributed by atoms with E-state index in [0.717, 1.165) is 38.2 Å². The average Bonchev–Trinajstić information content (AvgIpc) is 2.63. The van der Waals surface area contributed by atoms with Gasteiger partial charge in [-0.2, -0.15) is 0 Å². The van der Waals surface area contributed by atoms with E-state index < -0.39 is 0 Å². The number of ether oxygens (including phenoxy) is 1. The van der Waals surface area contributed by atoms with E-state index >= 15 is 0 Å². The Morgan fingerprint density at radius 1 is 1.40 bits per heavy atom. The molecule has 1 heterocycles. The van der Waals surface area contributed by atoms with E-state index in [1.165, 1.54) is 6.42 Å². The molecule has 1 aromatic rings. The van der Waals surface area contributed by atoms with Gasteiger partial charge >= 0.3 is 0 Å². The maximum Gasteiger partial charge on any atom is 0.232 e. The predicted octanol–water partition coefficient (Wildman–Crippen LogP) is 1.88. The number of nitrogens with zero attached hydrogens (tertiary/aromatic N) is 1. The van der Waals surface area contributed by atoms with Gasteiger partial charge in [0.15, 0.2) is 0 Å². The highest BCUT2D eigenvalue weighted by Gasteiger charge is 1.97. The van der Waals surface area contributed by atoms with Crippen molar-refractivity contribution in [2.75, 3.05) is 19.7 Å². The van der Waals surface area contributed by atoms with Crippen LogP contribution in [0.15, 0.2) is 6.07 Å². The lowest BCUT2D eigenvalue weighted by Gasteiger charge is -2.03. The summed E-state index contributed by atoms with van der Waals surface area (Å²) in [6.07, 6.45) is 3.43. The highest BCUT2D eigenvalue weighted by atomic mass is 16.5. The zero-order valence-electron chi connectivity index (χ0n) is 9.68. The Bertz CT molecular complexity index is 260. The minimum Gasteiger partial charge on any atom is -0.477 e. The zero-order chi connectivity index (χ0) is 10.9. The molecule has 2 N–H and O–H groups in total. The van der Waals surface area contributed by atoms with Crippen molar-refractivity contribution in [2.24, 2.45) is 0 Å². The molecule has 0 unspecified atom stereocenters. The van der Waals surface area contributed by atoms with Crippen LogP contribution >= 0.6 is 0 Å². The molecule has 0 bridgehead atoms. The summed E-state index contributed by atoms with van der Waals surface area (Å²) in [5.74, 6) is 0.703. The third kappa shape index (κ3) is 5.42. The van der Waals surface area contributed by atoms with Gasteiger partial charge in [0.1, 0.15) is 0 Å². The van der Waals surface area contributed by atoms with Crippen LogP contribution in [0.5, 0.6) is 5.88 Å². The van der Waals surface area contributed by atoms with Crippen molar-refractivity contribution in [3.63, 3.8) is 0 Å². The molecule has 4 nitrogen and oxygen atoms in total. The molecule has 0 spiro atoms. The van der Waals surface area contributed by atoms with Gasteiger partial charge in [-0.05, 0) is 39.3 Å². The molecule has 0 amide bonds. The van der Waals surface area contributed by atoms with E-state index in [9.17, 15) is 0 Å². The fraction of sp³-hybridized carbons (Fsp3) is 0.727. The number of aryl methyl sites for hydroxylation is 1. The second kappa shape index (κ2) is 7.29. The molecule has 0 aliphatic heterocycles. The van der Waals surface area contributed by atoms with E-state index in [0.29, 0.717) is 5.88 Å². The van der Waals surface area contributed by atoms with Gasteiger partial charge < -0.3 is 10.1 Å². The number of hydrogen-bond donors (Lipinski definition) is 2. The molecule has 0 atom stereocenters. The molecule has 0 saturated heterocycles. The summed E-state index contributed by atoms with van der Waals surface area (Å²) in [4.78, 5) is 0. The number of hydrogen-bond acceptors (Lipinski definition) is 3. The second-order valence-electron chi connectivity index (χ2n) is 3.69. The van der Waals surface area contributed by atoms with Gasteiger partial charge in [-0.15, -0.1) is 5.10 Å². The molecule has 4 heteroatoms. The van der Waals surface area contributed by atoms with Gasteiger partial charge in [0.25, 0.3) is 0 Å². The molecule has 1 rings (SSSR count). The van der Waals surface area contributed by atoms with Crippen molar-refractivity contribution in [3.8, 4) is 5.88 Å². The lowest BCUT2D eigenvalue weighted by Crippen LogP contribution is -2.16. The molecule has 86 valence electrons. The van der Waals surface area contributed by atoms with Crippen LogP contribution in [0, 0.1) is 6.92 Å². The topological polar surface area (TPSA) is 49.9 Å². The van der Waals surface area contributed by atoms with Crippen LogP contribution in [0.2, 0.25) is 0 Å². The van der Waals surface area contributed by atoms with E-state index in [-0.39, 0.29) is 0 Å². The van der Waals surface area contributed by atoms with E-state index in [1.807, 2.05) is 13.0 Å². The van der Waals surface area contributed by atoms with Crippen molar-refractivity contribution >= 4 is 0 Å². The second-order valence-corrected chi connectivity index (χ2v) is 3.69. The molecule has 1 aromatic heterocycles. The first-order valence-corrected chi connectivity index (χ1v) is 5.68. The smallest absolute Gasteiger partial charge is 0.232 e. The van der Waals surface area contributed by atoms with Crippen molar-refractivity contribution in [1.29, 1.82) is 0 Å². The molecular weight excluding hydrogens is 190 g/mol. The van der Waals surface area contributed by atoms with Gasteiger partial charge in [0, 0.05) is 11.8 Å². The third-order valence-corrected chi connectivity index (χ3v) is 2.11. The Balaban J connectivity index is 1.93. The van der Waals surface area contributed by atoms with Gasteiger partial charge in [-0.1, -0.05) is 6.92 Å². The lowest BCUT2D eigenvalue weighted by atomic mass is 10.3. The number of nitrogens with one attached hydrogen (secondary N) is 2. The van der Waals surface area contributed by atoms with Crippen molar-refractivity contribution < 1.29 is 4.74 Å². The van der Waals surface area contributed by atoms with Crippen LogP contribution in [-0.4, -0.2) is 29.9 Å². The monoisotopic (exact) mass is 211 g/mol. The number of unbranched alkanes of at least 4 members (excludes halogenated alkanes) is 1. The number of H-pyrrole nitrogens is 1. The molecule has 0 aliphatic carbocycles. The average molecular weight is 211 g/mol. The Hall–Kier alpha value is -1.03. The maximum absolute atomic E-state index is 5.46. The molecule has 0 aromatic carbocycles. The van der Waals surface area contributed by atoms with E-state index in [1.54, 1.807) is 0 Å². The maximum atomic E-state index is 5.46. The lowest BCUT2D eigenvalue weighted by molar-refractivity contribution is 0.294. The fourth-order valence-electron chi connectivity index (χ4n) is 1.30. The summed E-state index contributed by atoms with van der Waals surface area (Å²) >= 11 is 0. The summed E-state index contributed by atoms with van der Waals surface area (Å²) in [6, 6.07) is 1.91. The summed E-state index contributed by atoms with van der Waals surface area (Å²) in [5, 5.41) is 10.2. The zero-order valence-corrected chi connectivity index (χ0v) is 9.68. The molecule has 0 fully saturated rings. The Morgan fingerprint density at radius 2 is 2.27 bits per heavy atom. The van der Waals surface area contributed by atoms with E-state index in [4.69, 9.17) is 4.74 Å². The van der Waals surface area contributed by atoms with Gasteiger partial charge in [0.05, 0.1) is 6.61 Å². The van der Waals surface area contributed by atoms with Crippen molar-refractivity contribution in [2.45, 2.75) is 33.1 Å². The fourth-order valence-corrected chi connectivity index (χ4v) is 1.30. The normalized spacial score (nSPS) is 10.5. The van der Waals surface area contributed by atoms with Gasteiger partial charge in [-0.3, -0.25) is 5.10 Å². The molecular formula is C11H21N3O. The largest absolute Gasteiger partial charge is 0.477 e. The number of aromatic amines is 1. The highest BCUT2D eigenvalue weighted by molar-refractivity contribution is 5.11. The Kier molecular flexibility index (Phi) is 5.85. The number of rotatable bonds is 8. The van der Waals surface area contributed by atoms with E-state index in [2.05, 4.69) is 22.4 Å². The summed E-state index contributed by atoms with van der Waals surface area (Å²) < 4.78 is 5.46. The Labute approximate surface area is 91.4 Å². The minimum atomic E-state index is 0.703. The summed E-state index contributed by atoms with van der Waals surface area (Å²) in [6.45, 7) is 7.08. The third-order valence-electron chi connectivity index (χ3n) is 2.11. The standard InChI is InChI=1S/C11H21N3O/c1-3-6-12-7-4-5-8-15-11-9-10(2)13-14-11/h9,12H,3-8H2,1-2H3,(H,13,14). The molecule has 0 saturated carbocycles. The molecule has 15 heavy (non-hydrogen) atoms. The minimum absolute atomic E-state index is 0.703. The van der Waals surface area contributed by atoms with Crippen LogP contribution in [0.3, 0.4) is 0 Å². The predicted molar refractivity (Wildman–Crippen MR) is 61.2 cm³/mol. The van der Waals surface area contributed by atoms with Crippen LogP contribution in [0.4, 0.5) is 0 Å². The number of aromatic nitrogens is 2. The van der Waals surface area contributed by atoms with Crippen LogP contribution in [0.25, 0.3) is 0 Å². The molecule has 0 radical (unpaired) electrons. The quantitative estimate of drug-likeness (QED) is 0.645. The van der Waals surface area contributed by atoms with Crippen molar-refractivity contribution in [1.82, 2.24) is 15.5 Å².